The Kier molecular flexibility index (Phi) is 4.20. The summed E-state index contributed by atoms with van der Waals surface area (Å²) < 4.78 is 0. The molecule has 0 atom stereocenters. The summed E-state index contributed by atoms with van der Waals surface area (Å²) in [7, 11) is 0. The molecule has 1 aromatic heterocycles. The molecular weight excluding hydrogens is 308 g/mol. The van der Waals surface area contributed by atoms with Crippen molar-refractivity contribution < 1.29 is 0 Å². The topological polar surface area (TPSA) is 55.0 Å². The molecule has 3 aromatic rings. The maximum absolute atomic E-state index is 5.84. The highest BCUT2D eigenvalue weighted by atomic mass is 15.1. The number of rotatable bonds is 3. The van der Waals surface area contributed by atoms with Gasteiger partial charge in [-0.15, -0.1) is 0 Å². The zero-order chi connectivity index (χ0) is 17.2. The van der Waals surface area contributed by atoms with Crippen LogP contribution >= 0.6 is 0 Å². The van der Waals surface area contributed by atoms with Crippen molar-refractivity contribution in [3.05, 3.63) is 77.2 Å². The molecule has 0 fully saturated rings. The van der Waals surface area contributed by atoms with Crippen LogP contribution in [0.2, 0.25) is 0 Å². The minimum Gasteiger partial charge on any atom is -0.384 e. The highest BCUT2D eigenvalue weighted by Gasteiger charge is 2.17. The van der Waals surface area contributed by atoms with Crippen LogP contribution in [0.5, 0.6) is 0 Å². The van der Waals surface area contributed by atoms with Crippen LogP contribution in [0.1, 0.15) is 22.6 Å². The minimum absolute atomic E-state index is 0.549. The smallest absolute Gasteiger partial charge is 0.127 e. The first-order valence-corrected chi connectivity index (χ1v) is 8.67. The predicted octanol–water partition coefficient (Wildman–Crippen LogP) is 3.59. The summed E-state index contributed by atoms with van der Waals surface area (Å²) in [6.07, 6.45) is 1.07. The molecule has 0 aliphatic carbocycles. The highest BCUT2D eigenvalue weighted by molar-refractivity contribution is 5.65. The molecule has 4 heteroatoms. The molecule has 0 spiro atoms. The first-order valence-electron chi connectivity index (χ1n) is 8.67. The number of nitrogens with zero attached hydrogens (tertiary/aromatic N) is 3. The minimum atomic E-state index is 0.549. The molecule has 0 bridgehead atoms. The Morgan fingerprint density at radius 1 is 0.960 bits per heavy atom. The van der Waals surface area contributed by atoms with E-state index < -0.39 is 0 Å². The lowest BCUT2D eigenvalue weighted by Crippen LogP contribution is -2.30. The van der Waals surface area contributed by atoms with Crippen LogP contribution in [0, 0.1) is 6.92 Å². The Morgan fingerprint density at radius 2 is 1.80 bits per heavy atom. The molecule has 1 aliphatic rings. The fourth-order valence-corrected chi connectivity index (χ4v) is 3.52. The van der Waals surface area contributed by atoms with Crippen LogP contribution in [-0.2, 0) is 19.5 Å². The quantitative estimate of drug-likeness (QED) is 0.797. The molecule has 126 valence electrons. The molecule has 2 aromatic carbocycles. The third-order valence-electron chi connectivity index (χ3n) is 4.70. The molecule has 4 nitrogen and oxygen atoms in total. The molecule has 0 radical (unpaired) electrons. The van der Waals surface area contributed by atoms with Gasteiger partial charge < -0.3 is 5.73 Å². The Bertz CT molecular complexity index is 869. The second kappa shape index (κ2) is 6.65. The van der Waals surface area contributed by atoms with Crippen LogP contribution in [0.4, 0.5) is 5.82 Å². The molecule has 4 rings (SSSR count). The fourth-order valence-electron chi connectivity index (χ4n) is 3.52. The predicted molar refractivity (Wildman–Crippen MR) is 101 cm³/mol. The van der Waals surface area contributed by atoms with Crippen LogP contribution in [0.25, 0.3) is 11.1 Å². The molecule has 2 N–H and O–H groups in total. The lowest BCUT2D eigenvalue weighted by atomic mass is 9.94. The molecule has 0 saturated carbocycles. The Balaban J connectivity index is 1.52. The van der Waals surface area contributed by atoms with Gasteiger partial charge in [-0.25, -0.2) is 9.97 Å². The third-order valence-corrected chi connectivity index (χ3v) is 4.70. The largest absolute Gasteiger partial charge is 0.384 e. The van der Waals surface area contributed by atoms with Crippen LogP contribution < -0.4 is 5.73 Å². The van der Waals surface area contributed by atoms with Crippen molar-refractivity contribution in [1.29, 1.82) is 0 Å². The van der Waals surface area contributed by atoms with Gasteiger partial charge in [0.05, 0.1) is 5.69 Å². The van der Waals surface area contributed by atoms with E-state index in [2.05, 4.69) is 63.4 Å². The van der Waals surface area contributed by atoms with E-state index in [1.54, 1.807) is 0 Å². The van der Waals surface area contributed by atoms with Crippen LogP contribution in [-0.4, -0.2) is 21.4 Å². The van der Waals surface area contributed by atoms with Crippen molar-refractivity contribution in [2.45, 2.75) is 26.4 Å². The summed E-state index contributed by atoms with van der Waals surface area (Å²) in [5.74, 6) is 1.28. The number of hydrogen-bond acceptors (Lipinski definition) is 4. The number of nitrogen functional groups attached to an aromatic ring is 1. The second-order valence-electron chi connectivity index (χ2n) is 6.64. The number of benzene rings is 2. The van der Waals surface area contributed by atoms with Crippen molar-refractivity contribution in [2.75, 3.05) is 12.3 Å². The Hall–Kier alpha value is -2.72. The van der Waals surface area contributed by atoms with E-state index in [4.69, 9.17) is 5.73 Å². The van der Waals surface area contributed by atoms with Crippen LogP contribution in [0.15, 0.2) is 54.6 Å². The zero-order valence-corrected chi connectivity index (χ0v) is 14.4. The zero-order valence-electron chi connectivity index (χ0n) is 14.4. The van der Waals surface area contributed by atoms with Gasteiger partial charge in [0.1, 0.15) is 11.6 Å². The van der Waals surface area contributed by atoms with Crippen molar-refractivity contribution in [3.63, 3.8) is 0 Å². The Morgan fingerprint density at radius 3 is 2.60 bits per heavy atom. The van der Waals surface area contributed by atoms with Crippen molar-refractivity contribution in [3.8, 4) is 11.1 Å². The van der Waals surface area contributed by atoms with E-state index in [0.29, 0.717) is 5.82 Å². The van der Waals surface area contributed by atoms with Crippen molar-refractivity contribution in [2.24, 2.45) is 0 Å². The first-order chi connectivity index (χ1) is 12.2. The van der Waals surface area contributed by atoms with Gasteiger partial charge in [0.2, 0.25) is 0 Å². The van der Waals surface area contributed by atoms with E-state index in [1.807, 2.05) is 13.0 Å². The fraction of sp³-hybridized carbons (Fsp3) is 0.238. The Labute approximate surface area is 148 Å². The van der Waals surface area contributed by atoms with Crippen molar-refractivity contribution in [1.82, 2.24) is 14.9 Å². The van der Waals surface area contributed by atoms with E-state index in [0.717, 1.165) is 37.6 Å². The summed E-state index contributed by atoms with van der Waals surface area (Å²) in [5.41, 5.74) is 12.3. The van der Waals surface area contributed by atoms with E-state index in [9.17, 15) is 0 Å². The van der Waals surface area contributed by atoms with E-state index in [1.165, 1.54) is 22.3 Å². The monoisotopic (exact) mass is 330 g/mol. The number of nitrogens with two attached hydrogens (primary N) is 1. The van der Waals surface area contributed by atoms with E-state index >= 15 is 0 Å². The van der Waals surface area contributed by atoms with Gasteiger partial charge in [-0.1, -0.05) is 48.5 Å². The van der Waals surface area contributed by atoms with Gasteiger partial charge in [-0.2, -0.15) is 0 Å². The molecule has 0 saturated heterocycles. The number of aromatic nitrogens is 2. The maximum Gasteiger partial charge on any atom is 0.127 e. The molecule has 0 unspecified atom stereocenters. The van der Waals surface area contributed by atoms with Gasteiger partial charge in [-0.05, 0) is 35.6 Å². The van der Waals surface area contributed by atoms with E-state index in [-0.39, 0.29) is 0 Å². The lowest BCUT2D eigenvalue weighted by molar-refractivity contribution is 0.242. The molecule has 2 heterocycles. The average molecular weight is 330 g/mol. The normalized spacial score (nSPS) is 14.3. The average Bonchev–Trinajstić information content (AvgIpc) is 2.61. The first kappa shape index (κ1) is 15.8. The second-order valence-corrected chi connectivity index (χ2v) is 6.64. The maximum atomic E-state index is 5.84. The van der Waals surface area contributed by atoms with Gasteiger partial charge >= 0.3 is 0 Å². The summed E-state index contributed by atoms with van der Waals surface area (Å²) in [6, 6.07) is 19.3. The summed E-state index contributed by atoms with van der Waals surface area (Å²) >= 11 is 0. The molecule has 25 heavy (non-hydrogen) atoms. The number of aryl methyl sites for hydroxylation is 1. The standard InChI is InChI=1S/C21H22N4/c1-15-23-20(12-21(22)24-15)14-25-10-9-18-11-17(7-8-19(18)13-25)16-5-3-2-4-6-16/h2-8,11-12H,9-10,13-14H2,1H3,(H2,22,23,24). The number of anilines is 1. The lowest BCUT2D eigenvalue weighted by Gasteiger charge is -2.29. The summed E-state index contributed by atoms with van der Waals surface area (Å²) in [6.45, 7) is 4.69. The van der Waals surface area contributed by atoms with Crippen LogP contribution in [0.3, 0.4) is 0 Å². The highest BCUT2D eigenvalue weighted by Crippen LogP contribution is 2.26. The SMILES string of the molecule is Cc1nc(N)cc(CN2CCc3cc(-c4ccccc4)ccc3C2)n1. The van der Waals surface area contributed by atoms with Gasteiger partial charge in [0, 0.05) is 25.7 Å². The van der Waals surface area contributed by atoms with Gasteiger partial charge in [0.25, 0.3) is 0 Å². The molecular formula is C21H22N4. The van der Waals surface area contributed by atoms with Gasteiger partial charge in [-0.3, -0.25) is 4.90 Å². The third kappa shape index (κ3) is 3.54. The van der Waals surface area contributed by atoms with Crippen molar-refractivity contribution >= 4 is 5.82 Å². The summed E-state index contributed by atoms with van der Waals surface area (Å²) in [4.78, 5) is 11.1. The number of hydrogen-bond donors (Lipinski definition) is 1. The summed E-state index contributed by atoms with van der Waals surface area (Å²) in [5, 5.41) is 0. The van der Waals surface area contributed by atoms with Gasteiger partial charge in [0.15, 0.2) is 0 Å². The number of fused-ring (bicyclic) bond motifs is 1. The molecule has 1 aliphatic heterocycles. The molecule has 0 amide bonds.